The first-order valence-electron chi connectivity index (χ1n) is 8.45. The molecule has 3 nitrogen and oxygen atoms in total. The highest BCUT2D eigenvalue weighted by Gasteiger charge is 2.15. The fraction of sp³-hybridized carbons (Fsp3) is 0.765. The van der Waals surface area contributed by atoms with Gasteiger partial charge in [-0.2, -0.15) is 5.10 Å². The third kappa shape index (κ3) is 6.77. The van der Waals surface area contributed by atoms with Gasteiger partial charge in [-0.15, -0.1) is 0 Å². The minimum Gasteiger partial charge on any atom is -0.292 e. The Kier molecular flexibility index (Phi) is 9.64. The van der Waals surface area contributed by atoms with Crippen molar-refractivity contribution in [1.82, 2.24) is 9.78 Å². The van der Waals surface area contributed by atoms with E-state index in [1.54, 1.807) is 10.9 Å². The number of halogens is 1. The molecule has 0 saturated carbocycles. The first kappa shape index (κ1) is 18.4. The van der Waals surface area contributed by atoms with E-state index in [0.717, 1.165) is 29.6 Å². The third-order valence-corrected chi connectivity index (χ3v) is 4.45. The SMILES string of the molecule is CCCCCCCCCCCC(=O)c1c(Br)cnn1CC. The molecule has 0 bridgehead atoms. The van der Waals surface area contributed by atoms with Crippen LogP contribution >= 0.6 is 15.9 Å². The molecule has 0 aromatic carbocycles. The van der Waals surface area contributed by atoms with Crippen LogP contribution in [0.15, 0.2) is 10.7 Å². The lowest BCUT2D eigenvalue weighted by molar-refractivity contribution is 0.0968. The van der Waals surface area contributed by atoms with Crippen molar-refractivity contribution in [2.45, 2.75) is 84.6 Å². The van der Waals surface area contributed by atoms with Crippen molar-refractivity contribution < 1.29 is 4.79 Å². The van der Waals surface area contributed by atoms with Crippen molar-refractivity contribution in [2.24, 2.45) is 0 Å². The van der Waals surface area contributed by atoms with Crippen LogP contribution in [0, 0.1) is 0 Å². The monoisotopic (exact) mass is 356 g/mol. The smallest absolute Gasteiger partial charge is 0.182 e. The molecule has 0 N–H and O–H groups in total. The van der Waals surface area contributed by atoms with E-state index in [9.17, 15) is 4.79 Å². The Balaban J connectivity index is 2.12. The van der Waals surface area contributed by atoms with E-state index in [-0.39, 0.29) is 5.78 Å². The van der Waals surface area contributed by atoms with Crippen molar-refractivity contribution in [3.63, 3.8) is 0 Å². The zero-order valence-electron chi connectivity index (χ0n) is 13.5. The summed E-state index contributed by atoms with van der Waals surface area (Å²) in [5.74, 6) is 0.212. The fourth-order valence-electron chi connectivity index (χ4n) is 2.59. The van der Waals surface area contributed by atoms with Gasteiger partial charge in [0.1, 0.15) is 5.69 Å². The zero-order chi connectivity index (χ0) is 15.5. The topological polar surface area (TPSA) is 34.9 Å². The van der Waals surface area contributed by atoms with Gasteiger partial charge in [-0.3, -0.25) is 9.48 Å². The quantitative estimate of drug-likeness (QED) is 0.352. The minimum atomic E-state index is 0.212. The van der Waals surface area contributed by atoms with Crippen molar-refractivity contribution in [3.8, 4) is 0 Å². The van der Waals surface area contributed by atoms with Crippen LogP contribution in [0.3, 0.4) is 0 Å². The van der Waals surface area contributed by atoms with Gasteiger partial charge in [-0.1, -0.05) is 58.3 Å². The summed E-state index contributed by atoms with van der Waals surface area (Å²) in [6.45, 7) is 5.00. The molecule has 21 heavy (non-hydrogen) atoms. The van der Waals surface area contributed by atoms with Crippen LogP contribution in [0.25, 0.3) is 0 Å². The molecule has 0 aliphatic rings. The number of nitrogens with zero attached hydrogens (tertiary/aromatic N) is 2. The second kappa shape index (κ2) is 11.0. The van der Waals surface area contributed by atoms with Crippen LogP contribution in [0.4, 0.5) is 0 Å². The van der Waals surface area contributed by atoms with Gasteiger partial charge < -0.3 is 0 Å². The van der Waals surface area contributed by atoms with E-state index in [2.05, 4.69) is 28.0 Å². The summed E-state index contributed by atoms with van der Waals surface area (Å²) in [5, 5.41) is 4.20. The Morgan fingerprint density at radius 3 is 2.19 bits per heavy atom. The molecule has 0 unspecified atom stereocenters. The van der Waals surface area contributed by atoms with Crippen LogP contribution in [-0.2, 0) is 6.54 Å². The molecule has 1 aromatic heterocycles. The number of hydrogen-bond donors (Lipinski definition) is 0. The molecule has 0 radical (unpaired) electrons. The lowest BCUT2D eigenvalue weighted by Gasteiger charge is -2.05. The number of carbonyl (C=O) groups is 1. The molecule has 0 amide bonds. The van der Waals surface area contributed by atoms with Gasteiger partial charge in [-0.05, 0) is 29.3 Å². The first-order chi connectivity index (χ1) is 10.2. The van der Waals surface area contributed by atoms with Gasteiger partial charge in [0.05, 0.1) is 10.7 Å². The van der Waals surface area contributed by atoms with Crippen molar-refractivity contribution >= 4 is 21.7 Å². The zero-order valence-corrected chi connectivity index (χ0v) is 15.1. The number of ketones is 1. The van der Waals surface area contributed by atoms with Gasteiger partial charge in [-0.25, -0.2) is 0 Å². The normalized spacial score (nSPS) is 11.0. The third-order valence-electron chi connectivity index (χ3n) is 3.87. The van der Waals surface area contributed by atoms with E-state index in [4.69, 9.17) is 0 Å². The Morgan fingerprint density at radius 2 is 1.62 bits per heavy atom. The maximum atomic E-state index is 12.2. The predicted octanol–water partition coefficient (Wildman–Crippen LogP) is 5.77. The number of carbonyl (C=O) groups excluding carboxylic acids is 1. The number of Topliss-reactive ketones (excluding diaryl/α,β-unsaturated/α-hetero) is 1. The van der Waals surface area contributed by atoms with Crippen LogP contribution in [0.5, 0.6) is 0 Å². The Bertz CT molecular complexity index is 415. The second-order valence-corrected chi connectivity index (χ2v) is 6.51. The highest BCUT2D eigenvalue weighted by molar-refractivity contribution is 9.10. The molecule has 0 aliphatic carbocycles. The van der Waals surface area contributed by atoms with Crippen molar-refractivity contribution in [1.29, 1.82) is 0 Å². The van der Waals surface area contributed by atoms with E-state index < -0.39 is 0 Å². The lowest BCUT2D eigenvalue weighted by Crippen LogP contribution is -2.10. The Hall–Kier alpha value is -0.640. The number of aryl methyl sites for hydroxylation is 1. The molecule has 0 spiro atoms. The van der Waals surface area contributed by atoms with E-state index in [1.807, 2.05) is 6.92 Å². The molecular weight excluding hydrogens is 328 g/mol. The molecule has 1 heterocycles. The maximum absolute atomic E-state index is 12.2. The molecule has 0 fully saturated rings. The van der Waals surface area contributed by atoms with Gasteiger partial charge in [0.15, 0.2) is 5.78 Å². The average molecular weight is 357 g/mol. The van der Waals surface area contributed by atoms with Gasteiger partial charge >= 0.3 is 0 Å². The largest absolute Gasteiger partial charge is 0.292 e. The van der Waals surface area contributed by atoms with Crippen LogP contribution in [-0.4, -0.2) is 15.6 Å². The summed E-state index contributed by atoms with van der Waals surface area (Å²) in [7, 11) is 0. The molecule has 0 aliphatic heterocycles. The van der Waals surface area contributed by atoms with Crippen molar-refractivity contribution in [3.05, 3.63) is 16.4 Å². The van der Waals surface area contributed by atoms with Crippen molar-refractivity contribution in [2.75, 3.05) is 0 Å². The summed E-state index contributed by atoms with van der Waals surface area (Å²) >= 11 is 3.42. The first-order valence-corrected chi connectivity index (χ1v) is 9.24. The molecule has 4 heteroatoms. The molecular formula is C17H29BrN2O. The number of rotatable bonds is 12. The number of aromatic nitrogens is 2. The molecule has 1 aromatic rings. The van der Waals surface area contributed by atoms with Gasteiger partial charge in [0.2, 0.25) is 0 Å². The molecule has 1 rings (SSSR count). The maximum Gasteiger partial charge on any atom is 0.182 e. The van der Waals surface area contributed by atoms with E-state index in [1.165, 1.54) is 44.9 Å². The average Bonchev–Trinajstić information content (AvgIpc) is 2.86. The van der Waals surface area contributed by atoms with E-state index in [0.29, 0.717) is 6.42 Å². The van der Waals surface area contributed by atoms with Gasteiger partial charge in [0, 0.05) is 13.0 Å². The highest BCUT2D eigenvalue weighted by Crippen LogP contribution is 2.19. The predicted molar refractivity (Wildman–Crippen MR) is 91.8 cm³/mol. The van der Waals surface area contributed by atoms with Crippen LogP contribution in [0.1, 0.15) is 88.5 Å². The standard InChI is InChI=1S/C17H29BrN2O/c1-3-5-6-7-8-9-10-11-12-13-16(21)17-15(18)14-19-20(17)4-2/h14H,3-13H2,1-2H3. The van der Waals surface area contributed by atoms with Crippen LogP contribution < -0.4 is 0 Å². The molecule has 0 saturated heterocycles. The summed E-state index contributed by atoms with van der Waals surface area (Å²) in [6, 6.07) is 0. The highest BCUT2D eigenvalue weighted by atomic mass is 79.9. The summed E-state index contributed by atoms with van der Waals surface area (Å²) in [4.78, 5) is 12.2. The Labute approximate surface area is 137 Å². The molecule has 0 atom stereocenters. The fourth-order valence-corrected chi connectivity index (χ4v) is 3.11. The summed E-state index contributed by atoms with van der Waals surface area (Å²) in [6.07, 6.45) is 13.9. The Morgan fingerprint density at radius 1 is 1.05 bits per heavy atom. The van der Waals surface area contributed by atoms with Crippen LogP contribution in [0.2, 0.25) is 0 Å². The number of unbranched alkanes of at least 4 members (excludes halogenated alkanes) is 8. The summed E-state index contributed by atoms with van der Waals surface area (Å²) in [5.41, 5.74) is 0.733. The molecule has 120 valence electrons. The lowest BCUT2D eigenvalue weighted by atomic mass is 10.0. The van der Waals surface area contributed by atoms with Gasteiger partial charge in [0.25, 0.3) is 0 Å². The minimum absolute atomic E-state index is 0.212. The van der Waals surface area contributed by atoms with E-state index >= 15 is 0 Å². The second-order valence-electron chi connectivity index (χ2n) is 5.66. The number of hydrogen-bond acceptors (Lipinski definition) is 2. The summed E-state index contributed by atoms with van der Waals surface area (Å²) < 4.78 is 2.60.